The molecule has 2 aromatic rings. The lowest BCUT2D eigenvalue weighted by Crippen LogP contribution is -1.88. The SMILES string of the molecule is CC.Cc1ccnc(-c2ccoc2)n1. The van der Waals surface area contributed by atoms with Gasteiger partial charge in [0.25, 0.3) is 0 Å². The molecule has 0 aliphatic carbocycles. The molecule has 14 heavy (non-hydrogen) atoms. The second kappa shape index (κ2) is 5.17. The highest BCUT2D eigenvalue weighted by Crippen LogP contribution is 2.13. The molecule has 0 aliphatic rings. The summed E-state index contributed by atoms with van der Waals surface area (Å²) in [6.45, 7) is 5.94. The zero-order chi connectivity index (χ0) is 10.4. The zero-order valence-corrected chi connectivity index (χ0v) is 8.69. The molecule has 0 aromatic carbocycles. The molecule has 0 amide bonds. The molecule has 2 heterocycles. The zero-order valence-electron chi connectivity index (χ0n) is 8.69. The molecule has 3 nitrogen and oxygen atoms in total. The largest absolute Gasteiger partial charge is 0.472 e. The molecule has 2 aromatic heterocycles. The van der Waals surface area contributed by atoms with Crippen molar-refractivity contribution in [1.82, 2.24) is 9.97 Å². The standard InChI is InChI=1S/C9H8N2O.C2H6/c1-7-2-4-10-9(11-7)8-3-5-12-6-8;1-2/h2-6H,1H3;1-2H3. The number of aryl methyl sites for hydroxylation is 1. The first-order valence-corrected chi connectivity index (χ1v) is 4.68. The maximum Gasteiger partial charge on any atom is 0.162 e. The van der Waals surface area contributed by atoms with Crippen LogP contribution in [0.4, 0.5) is 0 Å². The molecule has 0 N–H and O–H groups in total. The fraction of sp³-hybridized carbons (Fsp3) is 0.273. The summed E-state index contributed by atoms with van der Waals surface area (Å²) < 4.78 is 4.93. The first-order chi connectivity index (χ1) is 6.86. The predicted molar refractivity (Wildman–Crippen MR) is 55.8 cm³/mol. The quantitative estimate of drug-likeness (QED) is 0.693. The average molecular weight is 190 g/mol. The van der Waals surface area contributed by atoms with Crippen LogP contribution in [-0.4, -0.2) is 9.97 Å². The van der Waals surface area contributed by atoms with E-state index in [0.29, 0.717) is 5.82 Å². The van der Waals surface area contributed by atoms with Crippen LogP contribution in [-0.2, 0) is 0 Å². The Morgan fingerprint density at radius 3 is 2.57 bits per heavy atom. The molecule has 2 rings (SSSR count). The van der Waals surface area contributed by atoms with Crippen LogP contribution in [0.1, 0.15) is 19.5 Å². The number of rotatable bonds is 1. The molecule has 0 atom stereocenters. The summed E-state index contributed by atoms with van der Waals surface area (Å²) >= 11 is 0. The van der Waals surface area contributed by atoms with Gasteiger partial charge in [-0.3, -0.25) is 0 Å². The molecular weight excluding hydrogens is 176 g/mol. The summed E-state index contributed by atoms with van der Waals surface area (Å²) in [4.78, 5) is 8.36. The highest BCUT2D eigenvalue weighted by atomic mass is 16.3. The van der Waals surface area contributed by atoms with Crippen molar-refractivity contribution in [3.8, 4) is 11.4 Å². The van der Waals surface area contributed by atoms with Crippen LogP contribution < -0.4 is 0 Å². The van der Waals surface area contributed by atoms with E-state index in [9.17, 15) is 0 Å². The van der Waals surface area contributed by atoms with E-state index in [-0.39, 0.29) is 0 Å². The van der Waals surface area contributed by atoms with Gasteiger partial charge in [-0.05, 0) is 19.1 Å². The van der Waals surface area contributed by atoms with E-state index in [4.69, 9.17) is 4.42 Å². The van der Waals surface area contributed by atoms with Gasteiger partial charge in [0.2, 0.25) is 0 Å². The lowest BCUT2D eigenvalue weighted by molar-refractivity contribution is 0.568. The molecule has 0 fully saturated rings. The van der Waals surface area contributed by atoms with Crippen LogP contribution in [0.5, 0.6) is 0 Å². The van der Waals surface area contributed by atoms with Crippen molar-refractivity contribution in [3.05, 3.63) is 36.5 Å². The summed E-state index contributed by atoms with van der Waals surface area (Å²) in [6, 6.07) is 3.71. The molecule has 0 spiro atoms. The molecule has 0 aliphatic heterocycles. The Bertz CT molecular complexity index is 369. The number of furan rings is 1. The first-order valence-electron chi connectivity index (χ1n) is 4.68. The Labute approximate surface area is 83.8 Å². The second-order valence-corrected chi connectivity index (χ2v) is 2.53. The molecule has 0 radical (unpaired) electrons. The van der Waals surface area contributed by atoms with Crippen LogP contribution in [0, 0.1) is 6.92 Å². The Morgan fingerprint density at radius 1 is 1.21 bits per heavy atom. The van der Waals surface area contributed by atoms with Gasteiger partial charge >= 0.3 is 0 Å². The van der Waals surface area contributed by atoms with Gasteiger partial charge in [-0.15, -0.1) is 0 Å². The minimum absolute atomic E-state index is 0.712. The summed E-state index contributed by atoms with van der Waals surface area (Å²) in [5, 5.41) is 0. The van der Waals surface area contributed by atoms with Crippen molar-refractivity contribution in [2.75, 3.05) is 0 Å². The Kier molecular flexibility index (Phi) is 3.85. The molecular formula is C11H14N2O. The van der Waals surface area contributed by atoms with E-state index in [1.54, 1.807) is 18.7 Å². The van der Waals surface area contributed by atoms with Crippen LogP contribution >= 0.6 is 0 Å². The highest BCUT2D eigenvalue weighted by molar-refractivity contribution is 5.52. The van der Waals surface area contributed by atoms with Crippen molar-refractivity contribution >= 4 is 0 Å². The van der Waals surface area contributed by atoms with Crippen molar-refractivity contribution < 1.29 is 4.42 Å². The maximum absolute atomic E-state index is 4.93. The molecule has 0 bridgehead atoms. The molecule has 0 unspecified atom stereocenters. The number of hydrogen-bond acceptors (Lipinski definition) is 3. The lowest BCUT2D eigenvalue weighted by atomic mass is 10.3. The molecule has 3 heteroatoms. The first kappa shape index (κ1) is 10.4. The highest BCUT2D eigenvalue weighted by Gasteiger charge is 2.00. The topological polar surface area (TPSA) is 38.9 Å². The van der Waals surface area contributed by atoms with E-state index >= 15 is 0 Å². The van der Waals surface area contributed by atoms with Gasteiger partial charge in [0.1, 0.15) is 6.26 Å². The third-order valence-corrected chi connectivity index (χ3v) is 1.57. The van der Waals surface area contributed by atoms with Gasteiger partial charge in [0.05, 0.1) is 11.8 Å². The minimum Gasteiger partial charge on any atom is -0.472 e. The Hall–Kier alpha value is -1.64. The monoisotopic (exact) mass is 190 g/mol. The van der Waals surface area contributed by atoms with Crippen LogP contribution in [0.3, 0.4) is 0 Å². The van der Waals surface area contributed by atoms with Gasteiger partial charge in [-0.2, -0.15) is 0 Å². The average Bonchev–Trinajstić information content (AvgIpc) is 2.74. The molecule has 0 saturated carbocycles. The number of hydrogen-bond donors (Lipinski definition) is 0. The lowest BCUT2D eigenvalue weighted by Gasteiger charge is -1.94. The van der Waals surface area contributed by atoms with Crippen molar-refractivity contribution in [2.24, 2.45) is 0 Å². The van der Waals surface area contributed by atoms with Crippen LogP contribution in [0.2, 0.25) is 0 Å². The Morgan fingerprint density at radius 2 is 2.00 bits per heavy atom. The summed E-state index contributed by atoms with van der Waals surface area (Å²) in [5.41, 5.74) is 1.87. The van der Waals surface area contributed by atoms with E-state index in [2.05, 4.69) is 9.97 Å². The summed E-state index contributed by atoms with van der Waals surface area (Å²) in [6.07, 6.45) is 4.99. The maximum atomic E-state index is 4.93. The van der Waals surface area contributed by atoms with E-state index in [0.717, 1.165) is 11.3 Å². The van der Waals surface area contributed by atoms with Gasteiger partial charge in [-0.25, -0.2) is 9.97 Å². The van der Waals surface area contributed by atoms with Gasteiger partial charge < -0.3 is 4.42 Å². The fourth-order valence-corrected chi connectivity index (χ4v) is 0.980. The summed E-state index contributed by atoms with van der Waals surface area (Å²) in [5.74, 6) is 0.712. The Balaban J connectivity index is 0.000000461. The van der Waals surface area contributed by atoms with Gasteiger partial charge in [-0.1, -0.05) is 13.8 Å². The smallest absolute Gasteiger partial charge is 0.162 e. The van der Waals surface area contributed by atoms with Crippen molar-refractivity contribution in [2.45, 2.75) is 20.8 Å². The minimum atomic E-state index is 0.712. The van der Waals surface area contributed by atoms with Crippen molar-refractivity contribution in [3.63, 3.8) is 0 Å². The van der Waals surface area contributed by atoms with E-state index in [1.165, 1.54) is 0 Å². The van der Waals surface area contributed by atoms with Crippen LogP contribution in [0.15, 0.2) is 35.3 Å². The number of aromatic nitrogens is 2. The van der Waals surface area contributed by atoms with Crippen molar-refractivity contribution in [1.29, 1.82) is 0 Å². The summed E-state index contributed by atoms with van der Waals surface area (Å²) in [7, 11) is 0. The van der Waals surface area contributed by atoms with Gasteiger partial charge in [0, 0.05) is 11.9 Å². The van der Waals surface area contributed by atoms with E-state index < -0.39 is 0 Å². The fourth-order valence-electron chi connectivity index (χ4n) is 0.980. The third-order valence-electron chi connectivity index (χ3n) is 1.57. The van der Waals surface area contributed by atoms with Gasteiger partial charge in [0.15, 0.2) is 5.82 Å². The predicted octanol–water partition coefficient (Wildman–Crippen LogP) is 3.07. The van der Waals surface area contributed by atoms with E-state index in [1.807, 2.05) is 32.9 Å². The second-order valence-electron chi connectivity index (χ2n) is 2.53. The van der Waals surface area contributed by atoms with Crippen LogP contribution in [0.25, 0.3) is 11.4 Å². The number of nitrogens with zero attached hydrogens (tertiary/aromatic N) is 2. The normalized spacial score (nSPS) is 9.07. The molecule has 74 valence electrons. The molecule has 0 saturated heterocycles. The third kappa shape index (κ3) is 2.42.